The van der Waals surface area contributed by atoms with Crippen LogP contribution in [0, 0.1) is 5.41 Å². The molecule has 0 N–H and O–H groups in total. The normalized spacial score (nSPS) is 15.3. The third kappa shape index (κ3) is 3.64. The molecule has 0 radical (unpaired) electrons. The summed E-state index contributed by atoms with van der Waals surface area (Å²) in [6, 6.07) is 2.02. The van der Waals surface area contributed by atoms with E-state index in [2.05, 4.69) is 0 Å². The van der Waals surface area contributed by atoms with Gasteiger partial charge in [0.05, 0.1) is 11.5 Å². The molecule has 0 bridgehead atoms. The SMILES string of the molecule is CCOC(=O)N1CCc2cc(C(=O)C(C)(C)C)sc2CC1. The van der Waals surface area contributed by atoms with Crippen molar-refractivity contribution in [3.63, 3.8) is 0 Å². The second-order valence-electron chi connectivity index (χ2n) is 6.32. The molecule has 1 aliphatic rings. The third-order valence-corrected chi connectivity index (χ3v) is 4.82. The van der Waals surface area contributed by atoms with E-state index in [0.29, 0.717) is 19.7 Å². The fourth-order valence-electron chi connectivity index (χ4n) is 2.37. The molecule has 116 valence electrons. The molecule has 0 saturated carbocycles. The minimum absolute atomic E-state index is 0.197. The van der Waals surface area contributed by atoms with Crippen molar-refractivity contribution in [1.82, 2.24) is 4.90 Å². The summed E-state index contributed by atoms with van der Waals surface area (Å²) in [5.41, 5.74) is 0.861. The van der Waals surface area contributed by atoms with E-state index in [1.54, 1.807) is 16.2 Å². The van der Waals surface area contributed by atoms with Gasteiger partial charge in [-0.1, -0.05) is 20.8 Å². The van der Waals surface area contributed by atoms with E-state index in [9.17, 15) is 9.59 Å². The van der Waals surface area contributed by atoms with Crippen molar-refractivity contribution in [1.29, 1.82) is 0 Å². The van der Waals surface area contributed by atoms with Gasteiger partial charge in [-0.2, -0.15) is 0 Å². The van der Waals surface area contributed by atoms with Gasteiger partial charge in [-0.25, -0.2) is 4.79 Å². The summed E-state index contributed by atoms with van der Waals surface area (Å²) in [6.07, 6.45) is 1.36. The fraction of sp³-hybridized carbons (Fsp3) is 0.625. The lowest BCUT2D eigenvalue weighted by Gasteiger charge is -2.19. The van der Waals surface area contributed by atoms with Crippen LogP contribution in [-0.2, 0) is 17.6 Å². The van der Waals surface area contributed by atoms with Gasteiger partial charge in [0, 0.05) is 23.4 Å². The van der Waals surface area contributed by atoms with E-state index in [1.807, 2.05) is 33.8 Å². The highest BCUT2D eigenvalue weighted by Crippen LogP contribution is 2.31. The molecule has 4 nitrogen and oxygen atoms in total. The maximum Gasteiger partial charge on any atom is 0.409 e. The van der Waals surface area contributed by atoms with Gasteiger partial charge < -0.3 is 9.64 Å². The van der Waals surface area contributed by atoms with Gasteiger partial charge in [0.1, 0.15) is 0 Å². The molecule has 1 aliphatic heterocycles. The van der Waals surface area contributed by atoms with Crippen molar-refractivity contribution < 1.29 is 14.3 Å². The van der Waals surface area contributed by atoms with Gasteiger partial charge in [0.15, 0.2) is 5.78 Å². The predicted molar refractivity (Wildman–Crippen MR) is 84.1 cm³/mol. The smallest absolute Gasteiger partial charge is 0.409 e. The fourth-order valence-corrected chi connectivity index (χ4v) is 3.72. The average Bonchev–Trinajstić information content (AvgIpc) is 2.70. The summed E-state index contributed by atoms with van der Waals surface area (Å²) in [7, 11) is 0. The second kappa shape index (κ2) is 6.18. The number of carbonyl (C=O) groups is 2. The Bertz CT molecular complexity index is 517. The standard InChI is InChI=1S/C16H23NO3S/c1-5-20-15(19)17-8-6-11-10-13(14(18)16(2,3)4)21-12(11)7-9-17/h10H,5-9H2,1-4H3. The van der Waals surface area contributed by atoms with Crippen molar-refractivity contribution >= 4 is 23.2 Å². The first-order chi connectivity index (χ1) is 9.82. The van der Waals surface area contributed by atoms with Crippen LogP contribution in [0.3, 0.4) is 0 Å². The summed E-state index contributed by atoms with van der Waals surface area (Å²) >= 11 is 1.58. The third-order valence-electron chi connectivity index (χ3n) is 3.59. The second-order valence-corrected chi connectivity index (χ2v) is 7.46. The zero-order chi connectivity index (χ0) is 15.6. The quantitative estimate of drug-likeness (QED) is 0.785. The number of rotatable bonds is 2. The van der Waals surface area contributed by atoms with E-state index in [1.165, 1.54) is 10.4 Å². The lowest BCUT2D eigenvalue weighted by Crippen LogP contribution is -2.33. The largest absolute Gasteiger partial charge is 0.450 e. The number of Topliss-reactive ketones (excluding diaryl/α,β-unsaturated/α-hetero) is 1. The number of hydrogen-bond acceptors (Lipinski definition) is 4. The molecular formula is C16H23NO3S. The summed E-state index contributed by atoms with van der Waals surface area (Å²) in [5, 5.41) is 0. The lowest BCUT2D eigenvalue weighted by atomic mass is 9.90. The van der Waals surface area contributed by atoms with E-state index >= 15 is 0 Å². The maximum atomic E-state index is 12.4. The minimum Gasteiger partial charge on any atom is -0.450 e. The van der Waals surface area contributed by atoms with Crippen LogP contribution < -0.4 is 0 Å². The molecule has 1 aromatic heterocycles. The molecule has 21 heavy (non-hydrogen) atoms. The van der Waals surface area contributed by atoms with Gasteiger partial charge in [0.25, 0.3) is 0 Å². The number of ketones is 1. The van der Waals surface area contributed by atoms with Gasteiger partial charge in [-0.15, -0.1) is 11.3 Å². The van der Waals surface area contributed by atoms with Crippen LogP contribution in [0.1, 0.15) is 47.8 Å². The molecule has 0 atom stereocenters. The van der Waals surface area contributed by atoms with E-state index in [4.69, 9.17) is 4.74 Å². The van der Waals surface area contributed by atoms with Crippen LogP contribution in [0.25, 0.3) is 0 Å². The number of amides is 1. The molecular weight excluding hydrogens is 286 g/mol. The van der Waals surface area contributed by atoms with Crippen LogP contribution >= 0.6 is 11.3 Å². The molecule has 0 unspecified atom stereocenters. The molecule has 0 aromatic carbocycles. The number of hydrogen-bond donors (Lipinski definition) is 0. The molecule has 2 heterocycles. The Balaban J connectivity index is 2.10. The Labute approximate surface area is 130 Å². The topological polar surface area (TPSA) is 46.6 Å². The molecule has 0 saturated heterocycles. The van der Waals surface area contributed by atoms with Crippen molar-refractivity contribution in [3.8, 4) is 0 Å². The Kier molecular flexibility index (Phi) is 4.71. The van der Waals surface area contributed by atoms with Crippen LogP contribution in [0.2, 0.25) is 0 Å². The Hall–Kier alpha value is -1.36. The molecule has 1 aromatic rings. The van der Waals surface area contributed by atoms with Gasteiger partial charge >= 0.3 is 6.09 Å². The molecule has 0 aliphatic carbocycles. The zero-order valence-electron chi connectivity index (χ0n) is 13.2. The first-order valence-electron chi connectivity index (χ1n) is 7.41. The number of thiophene rings is 1. The first-order valence-corrected chi connectivity index (χ1v) is 8.22. The average molecular weight is 309 g/mol. The predicted octanol–water partition coefficient (Wildman–Crippen LogP) is 3.53. The number of ether oxygens (including phenoxy) is 1. The van der Waals surface area contributed by atoms with Crippen LogP contribution in [0.15, 0.2) is 6.07 Å². The van der Waals surface area contributed by atoms with Crippen molar-refractivity contribution in [2.45, 2.75) is 40.5 Å². The molecule has 5 heteroatoms. The summed E-state index contributed by atoms with van der Waals surface area (Å²) in [5.74, 6) is 0.197. The summed E-state index contributed by atoms with van der Waals surface area (Å²) in [6.45, 7) is 9.38. The van der Waals surface area contributed by atoms with E-state index < -0.39 is 0 Å². The highest BCUT2D eigenvalue weighted by molar-refractivity contribution is 7.14. The van der Waals surface area contributed by atoms with E-state index in [0.717, 1.165) is 17.7 Å². The Morgan fingerprint density at radius 1 is 1.29 bits per heavy atom. The van der Waals surface area contributed by atoms with Crippen LogP contribution in [-0.4, -0.2) is 36.5 Å². The van der Waals surface area contributed by atoms with Gasteiger partial charge in [-0.3, -0.25) is 4.79 Å². The lowest BCUT2D eigenvalue weighted by molar-refractivity contribution is 0.0862. The van der Waals surface area contributed by atoms with Crippen LogP contribution in [0.5, 0.6) is 0 Å². The summed E-state index contributed by atoms with van der Waals surface area (Å²) < 4.78 is 5.06. The van der Waals surface area contributed by atoms with Gasteiger partial charge in [-0.05, 0) is 31.4 Å². The molecule has 1 amide bonds. The highest BCUT2D eigenvalue weighted by Gasteiger charge is 2.27. The number of fused-ring (bicyclic) bond motifs is 1. The van der Waals surface area contributed by atoms with Crippen molar-refractivity contribution in [2.75, 3.05) is 19.7 Å². The number of carbonyl (C=O) groups excluding carboxylic acids is 2. The molecule has 0 fully saturated rings. The highest BCUT2D eigenvalue weighted by atomic mass is 32.1. The Morgan fingerprint density at radius 3 is 2.57 bits per heavy atom. The maximum absolute atomic E-state index is 12.4. The van der Waals surface area contributed by atoms with E-state index in [-0.39, 0.29) is 17.3 Å². The Morgan fingerprint density at radius 2 is 1.95 bits per heavy atom. The minimum atomic E-state index is -0.347. The van der Waals surface area contributed by atoms with Crippen LogP contribution in [0.4, 0.5) is 4.79 Å². The molecule has 0 spiro atoms. The first kappa shape index (κ1) is 16.0. The summed E-state index contributed by atoms with van der Waals surface area (Å²) in [4.78, 5) is 28.0. The number of nitrogens with zero attached hydrogens (tertiary/aromatic N) is 1. The van der Waals surface area contributed by atoms with Crippen molar-refractivity contribution in [2.24, 2.45) is 5.41 Å². The van der Waals surface area contributed by atoms with Crippen molar-refractivity contribution in [3.05, 3.63) is 21.4 Å². The van der Waals surface area contributed by atoms with Gasteiger partial charge in [0.2, 0.25) is 0 Å². The zero-order valence-corrected chi connectivity index (χ0v) is 14.0. The monoisotopic (exact) mass is 309 g/mol. The molecule has 2 rings (SSSR count).